The second kappa shape index (κ2) is 5.96. The van der Waals surface area contributed by atoms with Crippen LogP contribution in [-0.4, -0.2) is 15.2 Å². The highest BCUT2D eigenvalue weighted by Gasteiger charge is 2.13. The third-order valence-corrected chi connectivity index (χ3v) is 3.17. The molecule has 0 aliphatic heterocycles. The Morgan fingerprint density at radius 1 is 1.30 bits per heavy atom. The quantitative estimate of drug-likeness (QED) is 0.874. The van der Waals surface area contributed by atoms with Crippen LogP contribution in [0.4, 0.5) is 0 Å². The Labute approximate surface area is 124 Å². The summed E-state index contributed by atoms with van der Waals surface area (Å²) in [5.41, 5.74) is 8.49. The fraction of sp³-hybridized carbons (Fsp3) is 0.267. The minimum absolute atomic E-state index is 0.244. The van der Waals surface area contributed by atoms with E-state index in [1.54, 1.807) is 12.3 Å². The summed E-state index contributed by atoms with van der Waals surface area (Å²) in [6, 6.07) is 7.81. The average Bonchev–Trinajstić information content (AvgIpc) is 2.38. The van der Waals surface area contributed by atoms with Gasteiger partial charge in [0, 0.05) is 0 Å². The molecule has 0 aliphatic carbocycles. The summed E-state index contributed by atoms with van der Waals surface area (Å²) in [4.78, 5) is 0.244. The van der Waals surface area contributed by atoms with Crippen LogP contribution in [0, 0.1) is 6.92 Å². The fourth-order valence-electron chi connectivity index (χ4n) is 1.89. The van der Waals surface area contributed by atoms with E-state index in [4.69, 9.17) is 22.7 Å². The van der Waals surface area contributed by atoms with Crippen molar-refractivity contribution in [3.8, 4) is 11.6 Å². The van der Waals surface area contributed by atoms with Gasteiger partial charge in [-0.3, -0.25) is 0 Å². The third-order valence-electron chi connectivity index (χ3n) is 2.95. The van der Waals surface area contributed by atoms with Crippen molar-refractivity contribution < 1.29 is 4.74 Å². The van der Waals surface area contributed by atoms with Crippen LogP contribution >= 0.6 is 12.2 Å². The van der Waals surface area contributed by atoms with Gasteiger partial charge >= 0.3 is 0 Å². The number of aryl methyl sites for hydroxylation is 1. The van der Waals surface area contributed by atoms with Crippen LogP contribution in [0.5, 0.6) is 11.6 Å². The molecule has 1 aromatic carbocycles. The Kier molecular flexibility index (Phi) is 4.29. The van der Waals surface area contributed by atoms with Crippen molar-refractivity contribution in [2.75, 3.05) is 0 Å². The van der Waals surface area contributed by atoms with Crippen LogP contribution < -0.4 is 10.5 Å². The van der Waals surface area contributed by atoms with Crippen LogP contribution in [0.2, 0.25) is 0 Å². The molecule has 0 atom stereocenters. The molecule has 1 aromatic heterocycles. The maximum absolute atomic E-state index is 5.90. The molecule has 0 saturated carbocycles. The number of aromatic nitrogens is 2. The minimum Gasteiger partial charge on any atom is -0.437 e. The average molecular weight is 287 g/mol. The largest absolute Gasteiger partial charge is 0.437 e. The van der Waals surface area contributed by atoms with Gasteiger partial charge in [0.1, 0.15) is 10.7 Å². The zero-order valence-corrected chi connectivity index (χ0v) is 12.6. The molecule has 0 unspecified atom stereocenters. The van der Waals surface area contributed by atoms with Crippen molar-refractivity contribution in [1.82, 2.24) is 10.2 Å². The van der Waals surface area contributed by atoms with Crippen molar-refractivity contribution in [2.45, 2.75) is 26.7 Å². The lowest BCUT2D eigenvalue weighted by Gasteiger charge is -2.15. The van der Waals surface area contributed by atoms with Gasteiger partial charge in [-0.15, -0.1) is 5.10 Å². The van der Waals surface area contributed by atoms with Crippen LogP contribution in [0.1, 0.15) is 36.5 Å². The van der Waals surface area contributed by atoms with Crippen molar-refractivity contribution in [3.63, 3.8) is 0 Å². The second-order valence-electron chi connectivity index (χ2n) is 4.91. The van der Waals surface area contributed by atoms with E-state index in [-0.39, 0.29) is 4.99 Å². The summed E-state index contributed by atoms with van der Waals surface area (Å²) in [7, 11) is 0. The second-order valence-corrected chi connectivity index (χ2v) is 5.35. The standard InChI is InChI=1S/C15H17N3OS/c1-9(2)11-5-4-10(3)8-13(11)19-15-12(14(16)20)6-7-17-18-15/h4-9H,1-3H3,(H2,16,20). The Bertz CT molecular complexity index is 641. The Morgan fingerprint density at radius 2 is 2.05 bits per heavy atom. The Morgan fingerprint density at radius 3 is 2.70 bits per heavy atom. The van der Waals surface area contributed by atoms with Gasteiger partial charge in [0.05, 0.1) is 11.8 Å². The summed E-state index contributed by atoms with van der Waals surface area (Å²) in [5.74, 6) is 1.45. The molecule has 20 heavy (non-hydrogen) atoms. The van der Waals surface area contributed by atoms with Gasteiger partial charge in [0.25, 0.3) is 0 Å². The molecule has 104 valence electrons. The lowest BCUT2D eigenvalue weighted by molar-refractivity contribution is 0.446. The summed E-state index contributed by atoms with van der Waals surface area (Å²) in [6.07, 6.45) is 1.54. The van der Waals surface area contributed by atoms with Gasteiger partial charge in [-0.1, -0.05) is 38.2 Å². The molecule has 2 rings (SSSR count). The predicted molar refractivity (Wildman–Crippen MR) is 83.3 cm³/mol. The SMILES string of the molecule is Cc1ccc(C(C)C)c(Oc2nnccc2C(N)=S)c1. The first-order chi connectivity index (χ1) is 9.49. The van der Waals surface area contributed by atoms with Crippen LogP contribution in [0.15, 0.2) is 30.5 Å². The summed E-state index contributed by atoms with van der Waals surface area (Å²) in [6.45, 7) is 6.24. The van der Waals surface area contributed by atoms with E-state index in [9.17, 15) is 0 Å². The minimum atomic E-state index is 0.244. The van der Waals surface area contributed by atoms with Gasteiger partial charge in [-0.25, -0.2) is 0 Å². The number of ether oxygens (including phenoxy) is 1. The number of benzene rings is 1. The normalized spacial score (nSPS) is 10.6. The summed E-state index contributed by atoms with van der Waals surface area (Å²) < 4.78 is 5.90. The Balaban J connectivity index is 2.45. The smallest absolute Gasteiger partial charge is 0.249 e. The van der Waals surface area contributed by atoms with E-state index in [1.165, 1.54) is 0 Å². The monoisotopic (exact) mass is 287 g/mol. The number of nitrogens with zero attached hydrogens (tertiary/aromatic N) is 2. The third kappa shape index (κ3) is 3.11. The molecule has 1 heterocycles. The maximum atomic E-state index is 5.90. The molecule has 0 fully saturated rings. The van der Waals surface area contributed by atoms with Gasteiger partial charge in [0.2, 0.25) is 5.88 Å². The molecular weight excluding hydrogens is 270 g/mol. The van der Waals surface area contributed by atoms with E-state index in [2.05, 4.69) is 36.2 Å². The van der Waals surface area contributed by atoms with Gasteiger partial charge < -0.3 is 10.5 Å². The molecule has 0 amide bonds. The van der Waals surface area contributed by atoms with Crippen LogP contribution in [-0.2, 0) is 0 Å². The first-order valence-corrected chi connectivity index (χ1v) is 6.79. The molecule has 2 N–H and O–H groups in total. The first kappa shape index (κ1) is 14.4. The highest BCUT2D eigenvalue weighted by molar-refractivity contribution is 7.80. The number of hydrogen-bond acceptors (Lipinski definition) is 4. The Hall–Kier alpha value is -2.01. The molecule has 4 nitrogen and oxygen atoms in total. The highest BCUT2D eigenvalue weighted by atomic mass is 32.1. The summed E-state index contributed by atoms with van der Waals surface area (Å²) >= 11 is 5.01. The van der Waals surface area contributed by atoms with E-state index in [1.807, 2.05) is 13.0 Å². The predicted octanol–water partition coefficient (Wildman–Crippen LogP) is 3.33. The first-order valence-electron chi connectivity index (χ1n) is 6.39. The topological polar surface area (TPSA) is 61.0 Å². The van der Waals surface area contributed by atoms with Crippen molar-refractivity contribution >= 4 is 17.2 Å². The molecule has 0 aliphatic rings. The number of nitrogens with two attached hydrogens (primary N) is 1. The van der Waals surface area contributed by atoms with Gasteiger partial charge in [0.15, 0.2) is 0 Å². The molecule has 5 heteroatoms. The van der Waals surface area contributed by atoms with E-state index in [0.29, 0.717) is 17.4 Å². The lowest BCUT2D eigenvalue weighted by Crippen LogP contribution is -2.12. The lowest BCUT2D eigenvalue weighted by atomic mass is 10.0. The molecule has 2 aromatic rings. The highest BCUT2D eigenvalue weighted by Crippen LogP contribution is 2.31. The molecule has 0 radical (unpaired) electrons. The zero-order valence-electron chi connectivity index (χ0n) is 11.8. The fourth-order valence-corrected chi connectivity index (χ4v) is 2.05. The number of thiocarbonyl (C=S) groups is 1. The number of rotatable bonds is 4. The summed E-state index contributed by atoms with van der Waals surface area (Å²) in [5, 5.41) is 7.82. The van der Waals surface area contributed by atoms with Crippen LogP contribution in [0.25, 0.3) is 0 Å². The van der Waals surface area contributed by atoms with E-state index < -0.39 is 0 Å². The van der Waals surface area contributed by atoms with Crippen LogP contribution in [0.3, 0.4) is 0 Å². The molecular formula is C15H17N3OS. The van der Waals surface area contributed by atoms with Crippen molar-refractivity contribution in [3.05, 3.63) is 47.2 Å². The molecule has 0 spiro atoms. The zero-order chi connectivity index (χ0) is 14.7. The van der Waals surface area contributed by atoms with Crippen molar-refractivity contribution in [1.29, 1.82) is 0 Å². The van der Waals surface area contributed by atoms with Gasteiger partial charge in [-0.05, 0) is 36.1 Å². The maximum Gasteiger partial charge on any atom is 0.249 e. The van der Waals surface area contributed by atoms with Gasteiger partial charge in [-0.2, -0.15) is 5.10 Å². The van der Waals surface area contributed by atoms with E-state index in [0.717, 1.165) is 16.9 Å². The molecule has 0 bridgehead atoms. The number of hydrogen-bond donors (Lipinski definition) is 1. The van der Waals surface area contributed by atoms with Crippen molar-refractivity contribution in [2.24, 2.45) is 5.73 Å². The molecule has 0 saturated heterocycles. The van der Waals surface area contributed by atoms with E-state index >= 15 is 0 Å².